The van der Waals surface area contributed by atoms with Crippen molar-refractivity contribution in [3.05, 3.63) is 91.0 Å². The Bertz CT molecular complexity index is 823. The molecule has 3 aromatic rings. The molecule has 0 aliphatic carbocycles. The van der Waals surface area contributed by atoms with E-state index in [1.54, 1.807) is 24.6 Å². The van der Waals surface area contributed by atoms with E-state index in [4.69, 9.17) is 0 Å². The van der Waals surface area contributed by atoms with E-state index in [0.29, 0.717) is 0 Å². The third-order valence-electron chi connectivity index (χ3n) is 7.52. The average molecular weight is 537 g/mol. The molecule has 0 saturated heterocycles. The summed E-state index contributed by atoms with van der Waals surface area (Å²) in [6, 6.07) is 33.4. The van der Waals surface area contributed by atoms with Gasteiger partial charge in [0.1, 0.15) is 23.2 Å². The molecule has 3 aromatic carbocycles. The Morgan fingerprint density at radius 2 is 0.703 bits per heavy atom. The molecule has 0 aromatic heterocycles. The number of benzene rings is 3. The third kappa shape index (κ3) is 9.34. The van der Waals surface area contributed by atoms with Gasteiger partial charge in [0.05, 0.1) is 30.8 Å². The van der Waals surface area contributed by atoms with Crippen molar-refractivity contribution in [2.45, 2.75) is 79.6 Å². The van der Waals surface area contributed by atoms with Gasteiger partial charge in [-0.3, -0.25) is 0 Å². The highest BCUT2D eigenvalue weighted by Crippen LogP contribution is 2.60. The van der Waals surface area contributed by atoms with E-state index in [2.05, 4.69) is 126 Å². The summed E-state index contributed by atoms with van der Waals surface area (Å²) in [6.07, 6.45) is 17.1. The summed E-state index contributed by atoms with van der Waals surface area (Å²) in [5.41, 5.74) is 0. The van der Waals surface area contributed by atoms with Gasteiger partial charge in [-0.15, -0.1) is 0 Å². The molecular formula is C35H54P2+2. The van der Waals surface area contributed by atoms with Crippen molar-refractivity contribution in [2.75, 3.05) is 30.8 Å². The van der Waals surface area contributed by atoms with Crippen molar-refractivity contribution in [3.8, 4) is 0 Å². The lowest BCUT2D eigenvalue weighted by atomic mass is 10.3. The first kappa shape index (κ1) is 31.7. The molecule has 0 spiro atoms. The molecule has 0 N–H and O–H groups in total. The molecule has 0 heterocycles. The van der Waals surface area contributed by atoms with Crippen molar-refractivity contribution in [1.82, 2.24) is 0 Å². The van der Waals surface area contributed by atoms with Crippen molar-refractivity contribution in [2.24, 2.45) is 0 Å². The molecule has 0 saturated carbocycles. The summed E-state index contributed by atoms with van der Waals surface area (Å²) < 4.78 is 0. The minimum atomic E-state index is -1.57. The lowest BCUT2D eigenvalue weighted by Crippen LogP contribution is -2.33. The van der Waals surface area contributed by atoms with Gasteiger partial charge in [-0.25, -0.2) is 0 Å². The smallest absolute Gasteiger partial charge is 0.0652 e. The van der Waals surface area contributed by atoms with Gasteiger partial charge in [-0.1, -0.05) is 102 Å². The topological polar surface area (TPSA) is 0 Å². The fourth-order valence-electron chi connectivity index (χ4n) is 5.86. The number of rotatable bonds is 15. The molecule has 2 heteroatoms. The van der Waals surface area contributed by atoms with Crippen LogP contribution < -0.4 is 15.9 Å². The van der Waals surface area contributed by atoms with Crippen molar-refractivity contribution in [1.29, 1.82) is 0 Å². The maximum absolute atomic E-state index is 2.37. The standard InChI is InChI=1S/C22H24P.C13H30P/c1-2-3-19-23(20-13-7-4-8-14-20,21-15-9-5-10-16-21)22-17-11-6-12-18-22;1-5-9-13-14(10-6-2,11-7-3)12-8-4/h4-18H,2-3,19H2,1H3;5-13H2,1-4H3/q2*+1. The normalized spacial score (nSPS) is 11.6. The van der Waals surface area contributed by atoms with E-state index in [1.807, 2.05) is 0 Å². The molecule has 0 aliphatic rings. The summed E-state index contributed by atoms with van der Waals surface area (Å²) in [5, 5.41) is 4.47. The van der Waals surface area contributed by atoms with Crippen LogP contribution in [0, 0.1) is 0 Å². The molecule has 37 heavy (non-hydrogen) atoms. The van der Waals surface area contributed by atoms with Gasteiger partial charge in [0.25, 0.3) is 0 Å². The Labute approximate surface area is 231 Å². The van der Waals surface area contributed by atoms with E-state index < -0.39 is 14.5 Å². The fourth-order valence-corrected chi connectivity index (χ4v) is 15.5. The second kappa shape index (κ2) is 17.9. The van der Waals surface area contributed by atoms with Gasteiger partial charge in [0.2, 0.25) is 0 Å². The van der Waals surface area contributed by atoms with Crippen LogP contribution in [0.5, 0.6) is 0 Å². The van der Waals surface area contributed by atoms with Crippen LogP contribution in [0.25, 0.3) is 0 Å². The molecule has 0 aliphatic heterocycles. The van der Waals surface area contributed by atoms with Gasteiger partial charge in [-0.05, 0) is 68.5 Å². The Kier molecular flexibility index (Phi) is 15.4. The highest BCUT2D eigenvalue weighted by atomic mass is 31.2. The van der Waals surface area contributed by atoms with Crippen molar-refractivity contribution < 1.29 is 0 Å². The zero-order valence-corrected chi connectivity index (χ0v) is 26.3. The lowest BCUT2D eigenvalue weighted by molar-refractivity contribution is 0.869. The van der Waals surface area contributed by atoms with Crippen LogP contribution in [0.4, 0.5) is 0 Å². The fraction of sp³-hybridized carbons (Fsp3) is 0.486. The van der Waals surface area contributed by atoms with Gasteiger partial charge >= 0.3 is 0 Å². The Balaban J connectivity index is 0.000000298. The largest absolute Gasteiger partial charge is 0.112 e. The first-order valence-electron chi connectivity index (χ1n) is 15.0. The zero-order chi connectivity index (χ0) is 26.8. The Hall–Kier alpha value is -1.48. The quantitative estimate of drug-likeness (QED) is 0.170. The maximum atomic E-state index is 2.37. The Morgan fingerprint density at radius 1 is 0.378 bits per heavy atom. The number of hydrogen-bond donors (Lipinski definition) is 0. The van der Waals surface area contributed by atoms with Crippen molar-refractivity contribution in [3.63, 3.8) is 0 Å². The van der Waals surface area contributed by atoms with Crippen LogP contribution >= 0.6 is 14.5 Å². The lowest BCUT2D eigenvalue weighted by Gasteiger charge is -2.27. The molecular weight excluding hydrogens is 482 g/mol. The highest BCUT2D eigenvalue weighted by molar-refractivity contribution is 7.95. The maximum Gasteiger partial charge on any atom is 0.112 e. The van der Waals surface area contributed by atoms with E-state index in [1.165, 1.54) is 67.0 Å². The van der Waals surface area contributed by atoms with Crippen LogP contribution in [0.3, 0.4) is 0 Å². The molecule has 0 nitrogen and oxygen atoms in total. The minimum absolute atomic E-state index is 0.513. The zero-order valence-electron chi connectivity index (χ0n) is 24.5. The highest BCUT2D eigenvalue weighted by Gasteiger charge is 2.44. The second-order valence-corrected chi connectivity index (χ2v) is 18.6. The van der Waals surface area contributed by atoms with Gasteiger partial charge in [0.15, 0.2) is 0 Å². The molecule has 0 atom stereocenters. The number of hydrogen-bond acceptors (Lipinski definition) is 0. The molecule has 0 amide bonds. The summed E-state index contributed by atoms with van der Waals surface area (Å²) >= 11 is 0. The molecule has 0 unspecified atom stereocenters. The van der Waals surface area contributed by atoms with E-state index in [-0.39, 0.29) is 0 Å². The SMILES string of the molecule is CCCC[P+](CCC)(CCC)CCC.CCCC[P+](c1ccccc1)(c1ccccc1)c1ccccc1. The molecule has 202 valence electrons. The van der Waals surface area contributed by atoms with Crippen LogP contribution in [-0.4, -0.2) is 30.8 Å². The second-order valence-electron chi connectivity index (χ2n) is 10.5. The van der Waals surface area contributed by atoms with Gasteiger partial charge in [-0.2, -0.15) is 0 Å². The predicted molar refractivity (Wildman–Crippen MR) is 177 cm³/mol. The third-order valence-corrected chi connectivity index (χ3v) is 17.5. The van der Waals surface area contributed by atoms with Crippen LogP contribution in [0.15, 0.2) is 91.0 Å². The molecule has 0 bridgehead atoms. The van der Waals surface area contributed by atoms with E-state index in [9.17, 15) is 0 Å². The summed E-state index contributed by atoms with van der Waals surface area (Å²) in [5.74, 6) is 0. The van der Waals surface area contributed by atoms with Crippen LogP contribution in [0.1, 0.15) is 79.6 Å². The molecule has 0 fully saturated rings. The monoisotopic (exact) mass is 536 g/mol. The minimum Gasteiger partial charge on any atom is -0.0652 e. The van der Waals surface area contributed by atoms with Crippen LogP contribution in [0.2, 0.25) is 0 Å². The van der Waals surface area contributed by atoms with Gasteiger partial charge < -0.3 is 0 Å². The van der Waals surface area contributed by atoms with E-state index >= 15 is 0 Å². The Morgan fingerprint density at radius 3 is 1.00 bits per heavy atom. The molecule has 0 radical (unpaired) electrons. The first-order chi connectivity index (χ1) is 18.1. The average Bonchev–Trinajstić information content (AvgIpc) is 2.95. The first-order valence-corrected chi connectivity index (χ1v) is 19.5. The summed E-state index contributed by atoms with van der Waals surface area (Å²) in [4.78, 5) is 0. The van der Waals surface area contributed by atoms with E-state index in [0.717, 1.165) is 0 Å². The summed E-state index contributed by atoms with van der Waals surface area (Å²) in [7, 11) is -2.08. The number of unbranched alkanes of at least 4 members (excludes halogenated alkanes) is 2. The predicted octanol–water partition coefficient (Wildman–Crippen LogP) is 9.81. The molecule has 3 rings (SSSR count). The van der Waals surface area contributed by atoms with Crippen molar-refractivity contribution >= 4 is 30.4 Å². The van der Waals surface area contributed by atoms with Gasteiger partial charge in [0, 0.05) is 7.26 Å². The summed E-state index contributed by atoms with van der Waals surface area (Å²) in [6.45, 7) is 11.7. The van der Waals surface area contributed by atoms with Crippen LogP contribution in [-0.2, 0) is 0 Å².